The van der Waals surface area contributed by atoms with E-state index in [2.05, 4.69) is 13.8 Å². The zero-order chi connectivity index (χ0) is 10.6. The summed E-state index contributed by atoms with van der Waals surface area (Å²) in [5.74, 6) is 0.783. The van der Waals surface area contributed by atoms with Crippen molar-refractivity contribution in [2.24, 2.45) is 5.92 Å². The number of hydrogen-bond donors (Lipinski definition) is 0. The topological polar surface area (TPSA) is 17.1 Å². The van der Waals surface area contributed by atoms with Crippen LogP contribution in [0.5, 0.6) is 0 Å². The van der Waals surface area contributed by atoms with Crippen molar-refractivity contribution in [1.29, 1.82) is 0 Å². The number of hydrogen-bond acceptors (Lipinski definition) is 1. The molecule has 14 heavy (non-hydrogen) atoms. The van der Waals surface area contributed by atoms with E-state index in [0.717, 1.165) is 11.3 Å². The van der Waals surface area contributed by atoms with E-state index in [0.29, 0.717) is 18.3 Å². The molecule has 1 rings (SSSR count). The Morgan fingerprint density at radius 2 is 1.86 bits per heavy atom. The summed E-state index contributed by atoms with van der Waals surface area (Å²) in [6, 6.07) is 7.74. The molecule has 1 nitrogen and oxygen atoms in total. The Labute approximate surface area is 90.1 Å². The van der Waals surface area contributed by atoms with Gasteiger partial charge in [0.15, 0.2) is 0 Å². The van der Waals surface area contributed by atoms with Crippen LogP contribution in [0, 0.1) is 5.92 Å². The van der Waals surface area contributed by atoms with Crippen molar-refractivity contribution in [3.8, 4) is 0 Å². The summed E-state index contributed by atoms with van der Waals surface area (Å²) in [5.41, 5.74) is 1.19. The Morgan fingerprint density at radius 3 is 2.29 bits per heavy atom. The quantitative estimate of drug-likeness (QED) is 0.694. The largest absolute Gasteiger partial charge is 0.303 e. The van der Waals surface area contributed by atoms with Gasteiger partial charge in [-0.1, -0.05) is 37.6 Å². The molecule has 2 heteroatoms. The molecule has 0 N–H and O–H groups in total. The van der Waals surface area contributed by atoms with E-state index in [4.69, 9.17) is 11.6 Å². The number of carbonyl (C=O) groups is 1. The van der Waals surface area contributed by atoms with Gasteiger partial charge in [0.1, 0.15) is 6.29 Å². The lowest BCUT2D eigenvalue weighted by molar-refractivity contribution is -0.108. The number of carbonyl (C=O) groups excluding carboxylic acids is 1. The second kappa shape index (κ2) is 5.16. The van der Waals surface area contributed by atoms with Gasteiger partial charge in [0.05, 0.1) is 0 Å². The molecule has 0 aliphatic heterocycles. The van der Waals surface area contributed by atoms with Crippen LogP contribution in [-0.4, -0.2) is 6.29 Å². The molecule has 0 amide bonds. The van der Waals surface area contributed by atoms with Crippen LogP contribution in [0.15, 0.2) is 24.3 Å². The molecular formula is C12H15ClO. The van der Waals surface area contributed by atoms with Crippen molar-refractivity contribution < 1.29 is 4.79 Å². The van der Waals surface area contributed by atoms with Crippen molar-refractivity contribution in [2.45, 2.75) is 26.2 Å². The SMILES string of the molecule is CC(C)C(CC=O)c1ccc(Cl)cc1. The van der Waals surface area contributed by atoms with E-state index in [1.807, 2.05) is 24.3 Å². The maximum atomic E-state index is 10.5. The summed E-state index contributed by atoms with van der Waals surface area (Å²) in [6.07, 6.45) is 1.57. The second-order valence-electron chi connectivity index (χ2n) is 3.80. The fraction of sp³-hybridized carbons (Fsp3) is 0.417. The highest BCUT2D eigenvalue weighted by molar-refractivity contribution is 6.30. The lowest BCUT2D eigenvalue weighted by atomic mass is 9.86. The van der Waals surface area contributed by atoms with E-state index >= 15 is 0 Å². The maximum absolute atomic E-state index is 10.5. The predicted molar refractivity (Wildman–Crippen MR) is 59.7 cm³/mol. The minimum absolute atomic E-state index is 0.310. The summed E-state index contributed by atoms with van der Waals surface area (Å²) in [7, 11) is 0. The number of aldehydes is 1. The van der Waals surface area contributed by atoms with Crippen LogP contribution in [0.4, 0.5) is 0 Å². The normalized spacial score (nSPS) is 12.9. The van der Waals surface area contributed by atoms with Crippen molar-refractivity contribution in [2.75, 3.05) is 0 Å². The van der Waals surface area contributed by atoms with Crippen LogP contribution in [-0.2, 0) is 4.79 Å². The van der Waals surface area contributed by atoms with Gasteiger partial charge in [-0.05, 0) is 29.5 Å². The third-order valence-electron chi connectivity index (χ3n) is 2.45. The van der Waals surface area contributed by atoms with Gasteiger partial charge in [0.2, 0.25) is 0 Å². The molecule has 76 valence electrons. The molecule has 0 saturated heterocycles. The summed E-state index contributed by atoms with van der Waals surface area (Å²) in [4.78, 5) is 10.5. The molecular weight excluding hydrogens is 196 g/mol. The lowest BCUT2D eigenvalue weighted by Gasteiger charge is -2.18. The van der Waals surface area contributed by atoms with Crippen molar-refractivity contribution in [3.05, 3.63) is 34.9 Å². The standard InChI is InChI=1S/C12H15ClO/c1-9(2)12(7-8-14)10-3-5-11(13)6-4-10/h3-6,8-9,12H,7H2,1-2H3. The van der Waals surface area contributed by atoms with Gasteiger partial charge in [-0.2, -0.15) is 0 Å². The molecule has 0 aliphatic rings. The first kappa shape index (κ1) is 11.3. The van der Waals surface area contributed by atoms with Gasteiger partial charge in [-0.25, -0.2) is 0 Å². The highest BCUT2D eigenvalue weighted by Crippen LogP contribution is 2.27. The molecule has 1 atom stereocenters. The Morgan fingerprint density at radius 1 is 1.29 bits per heavy atom. The highest BCUT2D eigenvalue weighted by Gasteiger charge is 2.14. The first-order valence-corrected chi connectivity index (χ1v) is 5.22. The molecule has 1 aromatic carbocycles. The van der Waals surface area contributed by atoms with Crippen LogP contribution in [0.3, 0.4) is 0 Å². The Hall–Kier alpha value is -0.820. The highest BCUT2D eigenvalue weighted by atomic mass is 35.5. The van der Waals surface area contributed by atoms with Gasteiger partial charge in [-0.15, -0.1) is 0 Å². The minimum Gasteiger partial charge on any atom is -0.303 e. The van der Waals surface area contributed by atoms with E-state index in [1.54, 1.807) is 0 Å². The fourth-order valence-electron chi connectivity index (χ4n) is 1.61. The molecule has 0 radical (unpaired) electrons. The predicted octanol–water partition coefficient (Wildman–Crippen LogP) is 3.67. The molecule has 0 fully saturated rings. The zero-order valence-corrected chi connectivity index (χ0v) is 9.29. The molecule has 0 spiro atoms. The van der Waals surface area contributed by atoms with Gasteiger partial charge < -0.3 is 4.79 Å². The average molecular weight is 211 g/mol. The van der Waals surface area contributed by atoms with E-state index in [-0.39, 0.29) is 0 Å². The van der Waals surface area contributed by atoms with Gasteiger partial charge >= 0.3 is 0 Å². The smallest absolute Gasteiger partial charge is 0.120 e. The lowest BCUT2D eigenvalue weighted by Crippen LogP contribution is -2.07. The van der Waals surface area contributed by atoms with Crippen LogP contribution < -0.4 is 0 Å². The van der Waals surface area contributed by atoms with E-state index in [9.17, 15) is 4.79 Å². The molecule has 0 saturated carbocycles. The Kier molecular flexibility index (Phi) is 4.15. The van der Waals surface area contributed by atoms with E-state index in [1.165, 1.54) is 5.56 Å². The monoisotopic (exact) mass is 210 g/mol. The zero-order valence-electron chi connectivity index (χ0n) is 8.53. The van der Waals surface area contributed by atoms with Crippen LogP contribution in [0.1, 0.15) is 31.7 Å². The molecule has 0 aromatic heterocycles. The summed E-state index contributed by atoms with van der Waals surface area (Å²) in [5, 5.41) is 0.738. The van der Waals surface area contributed by atoms with Gasteiger partial charge in [0.25, 0.3) is 0 Å². The number of benzene rings is 1. The van der Waals surface area contributed by atoms with Crippen LogP contribution in [0.25, 0.3) is 0 Å². The van der Waals surface area contributed by atoms with Crippen molar-refractivity contribution in [3.63, 3.8) is 0 Å². The molecule has 0 heterocycles. The van der Waals surface area contributed by atoms with Gasteiger partial charge in [0, 0.05) is 11.4 Å². The number of halogens is 1. The van der Waals surface area contributed by atoms with Crippen LogP contribution >= 0.6 is 11.6 Å². The van der Waals surface area contributed by atoms with Crippen LogP contribution in [0.2, 0.25) is 5.02 Å². The third-order valence-corrected chi connectivity index (χ3v) is 2.71. The first-order chi connectivity index (χ1) is 6.65. The molecule has 1 aromatic rings. The summed E-state index contributed by atoms with van der Waals surface area (Å²) in [6.45, 7) is 4.26. The maximum Gasteiger partial charge on any atom is 0.120 e. The molecule has 0 aliphatic carbocycles. The van der Waals surface area contributed by atoms with E-state index < -0.39 is 0 Å². The van der Waals surface area contributed by atoms with Crippen molar-refractivity contribution in [1.82, 2.24) is 0 Å². The first-order valence-electron chi connectivity index (χ1n) is 4.84. The summed E-state index contributed by atoms with van der Waals surface area (Å²) >= 11 is 5.80. The Balaban J connectivity index is 2.87. The molecule has 1 unspecified atom stereocenters. The fourth-order valence-corrected chi connectivity index (χ4v) is 1.73. The van der Waals surface area contributed by atoms with Crippen molar-refractivity contribution >= 4 is 17.9 Å². The summed E-state index contributed by atoms with van der Waals surface area (Å²) < 4.78 is 0. The molecule has 0 bridgehead atoms. The van der Waals surface area contributed by atoms with Gasteiger partial charge in [-0.3, -0.25) is 0 Å². The second-order valence-corrected chi connectivity index (χ2v) is 4.24. The number of rotatable bonds is 4. The Bertz CT molecular complexity index is 290. The minimum atomic E-state index is 0.310. The average Bonchev–Trinajstić information content (AvgIpc) is 2.15. The third kappa shape index (κ3) is 2.85.